The van der Waals surface area contributed by atoms with Crippen molar-refractivity contribution in [2.45, 2.75) is 44.6 Å². The summed E-state index contributed by atoms with van der Waals surface area (Å²) >= 11 is 0. The van der Waals surface area contributed by atoms with Gasteiger partial charge in [-0.1, -0.05) is 37.3 Å². The van der Waals surface area contributed by atoms with Crippen molar-refractivity contribution in [2.75, 3.05) is 13.2 Å². The molecule has 0 spiro atoms. The summed E-state index contributed by atoms with van der Waals surface area (Å²) in [5.41, 5.74) is 0.0924. The first-order valence-electron chi connectivity index (χ1n) is 8.20. The third-order valence-corrected chi connectivity index (χ3v) is 4.51. The van der Waals surface area contributed by atoms with E-state index in [-0.39, 0.29) is 11.8 Å². The fraction of sp³-hybridized carbons (Fsp3) is 0.556. The molecule has 1 aromatic rings. The Kier molecular flexibility index (Phi) is 6.16. The zero-order valence-corrected chi connectivity index (χ0v) is 13.6. The molecule has 0 aliphatic carbocycles. The van der Waals surface area contributed by atoms with Gasteiger partial charge in [-0.05, 0) is 24.8 Å². The zero-order valence-electron chi connectivity index (χ0n) is 13.6. The number of carboxylic acids is 1. The molecule has 1 unspecified atom stereocenters. The Morgan fingerprint density at radius 1 is 1.26 bits per heavy atom. The third-order valence-electron chi connectivity index (χ3n) is 4.51. The lowest BCUT2D eigenvalue weighted by molar-refractivity contribution is -0.152. The van der Waals surface area contributed by atoms with Gasteiger partial charge in [0.25, 0.3) is 0 Å². The highest BCUT2D eigenvalue weighted by Gasteiger charge is 2.42. The first-order valence-corrected chi connectivity index (χ1v) is 8.20. The van der Waals surface area contributed by atoms with E-state index < -0.39 is 11.5 Å². The van der Waals surface area contributed by atoms with Gasteiger partial charge >= 0.3 is 5.97 Å². The maximum Gasteiger partial charge on any atom is 0.329 e. The molecular weight excluding hydrogens is 294 g/mol. The van der Waals surface area contributed by atoms with Crippen LogP contribution in [0.1, 0.15) is 38.2 Å². The highest BCUT2D eigenvalue weighted by molar-refractivity contribution is 5.88. The normalized spacial score (nSPS) is 18.1. The van der Waals surface area contributed by atoms with E-state index in [0.29, 0.717) is 26.1 Å². The zero-order chi connectivity index (χ0) is 16.7. The number of carboxylic acid groups (broad SMARTS) is 1. The van der Waals surface area contributed by atoms with Crippen molar-refractivity contribution >= 4 is 11.9 Å². The van der Waals surface area contributed by atoms with E-state index >= 15 is 0 Å². The average molecular weight is 319 g/mol. The lowest BCUT2D eigenvalue weighted by Crippen LogP contribution is -2.58. The molecule has 23 heavy (non-hydrogen) atoms. The van der Waals surface area contributed by atoms with Crippen molar-refractivity contribution < 1.29 is 19.4 Å². The van der Waals surface area contributed by atoms with Crippen LogP contribution in [0.2, 0.25) is 0 Å². The number of aliphatic carboxylic acids is 1. The first-order chi connectivity index (χ1) is 11.0. The van der Waals surface area contributed by atoms with Gasteiger partial charge in [-0.25, -0.2) is 4.79 Å². The Morgan fingerprint density at radius 2 is 1.91 bits per heavy atom. The Hall–Kier alpha value is -1.88. The fourth-order valence-corrected chi connectivity index (χ4v) is 2.86. The molecule has 0 radical (unpaired) electrons. The highest BCUT2D eigenvalue weighted by atomic mass is 16.5. The molecule has 0 aromatic heterocycles. The highest BCUT2D eigenvalue weighted by Crippen LogP contribution is 2.22. The van der Waals surface area contributed by atoms with Gasteiger partial charge < -0.3 is 15.2 Å². The summed E-state index contributed by atoms with van der Waals surface area (Å²) in [5.74, 6) is -1.34. The number of hydrogen-bond donors (Lipinski definition) is 2. The second kappa shape index (κ2) is 8.11. The minimum atomic E-state index is -1.16. The molecule has 5 heteroatoms. The minimum Gasteiger partial charge on any atom is -0.480 e. The number of carbonyl (C=O) groups excluding carboxylic acids is 1. The molecule has 1 aromatic carbocycles. The number of carbonyl (C=O) groups is 2. The molecule has 1 saturated heterocycles. The van der Waals surface area contributed by atoms with Gasteiger partial charge in [0, 0.05) is 32.0 Å². The van der Waals surface area contributed by atoms with Gasteiger partial charge in [-0.3, -0.25) is 4.79 Å². The predicted molar refractivity (Wildman–Crippen MR) is 87.1 cm³/mol. The van der Waals surface area contributed by atoms with Gasteiger partial charge in [0.05, 0.1) is 0 Å². The van der Waals surface area contributed by atoms with E-state index in [1.807, 2.05) is 25.1 Å². The van der Waals surface area contributed by atoms with Crippen molar-refractivity contribution in [1.82, 2.24) is 5.32 Å². The van der Waals surface area contributed by atoms with Crippen LogP contribution in [0.3, 0.4) is 0 Å². The number of nitrogens with one attached hydrogen (secondary N) is 1. The lowest BCUT2D eigenvalue weighted by atomic mass is 9.89. The molecule has 1 amide bonds. The molecule has 1 aliphatic heterocycles. The Bertz CT molecular complexity index is 523. The van der Waals surface area contributed by atoms with Gasteiger partial charge in [0.1, 0.15) is 5.54 Å². The second-order valence-corrected chi connectivity index (χ2v) is 6.27. The van der Waals surface area contributed by atoms with Gasteiger partial charge in [-0.2, -0.15) is 0 Å². The first kappa shape index (κ1) is 17.5. The summed E-state index contributed by atoms with van der Waals surface area (Å²) in [6.07, 6.45) is 3.22. The Balaban J connectivity index is 1.82. The van der Waals surface area contributed by atoms with Crippen molar-refractivity contribution in [3.05, 3.63) is 35.9 Å². The van der Waals surface area contributed by atoms with E-state index in [1.54, 1.807) is 0 Å². The maximum atomic E-state index is 12.3. The Labute approximate surface area is 137 Å². The van der Waals surface area contributed by atoms with E-state index in [2.05, 4.69) is 17.4 Å². The number of amides is 1. The smallest absolute Gasteiger partial charge is 0.329 e. The Morgan fingerprint density at radius 3 is 2.52 bits per heavy atom. The number of hydrogen-bond acceptors (Lipinski definition) is 3. The monoisotopic (exact) mass is 319 g/mol. The molecule has 1 atom stereocenters. The second-order valence-electron chi connectivity index (χ2n) is 6.27. The largest absolute Gasteiger partial charge is 0.480 e. The molecule has 0 saturated carbocycles. The summed E-state index contributed by atoms with van der Waals surface area (Å²) in [4.78, 5) is 23.9. The van der Waals surface area contributed by atoms with E-state index in [0.717, 1.165) is 19.3 Å². The van der Waals surface area contributed by atoms with Crippen molar-refractivity contribution in [1.29, 1.82) is 0 Å². The third kappa shape index (κ3) is 4.79. The summed E-state index contributed by atoms with van der Waals surface area (Å²) in [5, 5.41) is 12.2. The quantitative estimate of drug-likeness (QED) is 0.809. The van der Waals surface area contributed by atoms with Crippen molar-refractivity contribution in [2.24, 2.45) is 5.92 Å². The minimum absolute atomic E-state index is 0.178. The summed E-state index contributed by atoms with van der Waals surface area (Å²) in [6.45, 7) is 2.60. The van der Waals surface area contributed by atoms with Gasteiger partial charge in [-0.15, -0.1) is 0 Å². The number of ether oxygens (including phenoxy) is 1. The summed E-state index contributed by atoms with van der Waals surface area (Å²) in [6, 6.07) is 10.2. The van der Waals surface area contributed by atoms with Crippen LogP contribution in [0.4, 0.5) is 0 Å². The SMILES string of the molecule is CC(CCCc1ccccc1)C(=O)NC1(C(=O)O)CCOCC1. The predicted octanol–water partition coefficient (Wildman–Crippen LogP) is 2.40. The van der Waals surface area contributed by atoms with E-state index in [4.69, 9.17) is 4.74 Å². The van der Waals surface area contributed by atoms with Crippen LogP contribution in [-0.4, -0.2) is 35.7 Å². The van der Waals surface area contributed by atoms with Crippen molar-refractivity contribution in [3.63, 3.8) is 0 Å². The lowest BCUT2D eigenvalue weighted by Gasteiger charge is -2.34. The molecule has 1 fully saturated rings. The molecular formula is C18H25NO4. The molecule has 0 bridgehead atoms. The van der Waals surface area contributed by atoms with E-state index in [1.165, 1.54) is 5.56 Å². The topological polar surface area (TPSA) is 75.6 Å². The number of aryl methyl sites for hydroxylation is 1. The number of rotatable bonds is 7. The molecule has 5 nitrogen and oxygen atoms in total. The van der Waals surface area contributed by atoms with Crippen LogP contribution in [0.5, 0.6) is 0 Å². The summed E-state index contributed by atoms with van der Waals surface area (Å²) < 4.78 is 5.22. The van der Waals surface area contributed by atoms with Crippen LogP contribution < -0.4 is 5.32 Å². The summed E-state index contributed by atoms with van der Waals surface area (Å²) in [7, 11) is 0. The van der Waals surface area contributed by atoms with E-state index in [9.17, 15) is 14.7 Å². The van der Waals surface area contributed by atoms with Crippen LogP contribution in [0, 0.1) is 5.92 Å². The standard InChI is InChI=1S/C18H25NO4/c1-14(6-5-9-15-7-3-2-4-8-15)16(20)19-18(17(21)22)10-12-23-13-11-18/h2-4,7-8,14H,5-6,9-13H2,1H3,(H,19,20)(H,21,22). The van der Waals surface area contributed by atoms with Crippen LogP contribution in [0.15, 0.2) is 30.3 Å². The molecule has 1 aliphatic rings. The molecule has 2 rings (SSSR count). The molecule has 126 valence electrons. The van der Waals surface area contributed by atoms with Crippen LogP contribution >= 0.6 is 0 Å². The van der Waals surface area contributed by atoms with Gasteiger partial charge in [0.2, 0.25) is 5.91 Å². The van der Waals surface area contributed by atoms with Crippen LogP contribution in [-0.2, 0) is 20.7 Å². The van der Waals surface area contributed by atoms with Crippen molar-refractivity contribution in [3.8, 4) is 0 Å². The number of benzene rings is 1. The molecule has 2 N–H and O–H groups in total. The average Bonchev–Trinajstić information content (AvgIpc) is 2.56. The fourth-order valence-electron chi connectivity index (χ4n) is 2.86. The molecule has 1 heterocycles. The van der Waals surface area contributed by atoms with Crippen LogP contribution in [0.25, 0.3) is 0 Å². The van der Waals surface area contributed by atoms with Gasteiger partial charge in [0.15, 0.2) is 0 Å². The maximum absolute atomic E-state index is 12.3.